The number of hydrogen-bond acceptors (Lipinski definition) is 5. The number of amides is 1. The first-order valence-electron chi connectivity index (χ1n) is 9.77. The lowest BCUT2D eigenvalue weighted by molar-refractivity contribution is -0.117. The van der Waals surface area contributed by atoms with Gasteiger partial charge in [0.25, 0.3) is 0 Å². The molecule has 1 saturated heterocycles. The highest BCUT2D eigenvalue weighted by Gasteiger charge is 2.28. The Kier molecular flexibility index (Phi) is 5.89. The van der Waals surface area contributed by atoms with E-state index in [9.17, 15) is 10.1 Å². The van der Waals surface area contributed by atoms with Gasteiger partial charge in [0.2, 0.25) is 5.91 Å². The van der Waals surface area contributed by atoms with Crippen molar-refractivity contribution in [2.24, 2.45) is 0 Å². The van der Waals surface area contributed by atoms with Crippen LogP contribution in [0.3, 0.4) is 0 Å². The van der Waals surface area contributed by atoms with E-state index in [1.165, 1.54) is 0 Å². The van der Waals surface area contributed by atoms with Crippen molar-refractivity contribution in [2.75, 3.05) is 31.6 Å². The van der Waals surface area contributed by atoms with Crippen LogP contribution in [0, 0.1) is 11.3 Å². The summed E-state index contributed by atoms with van der Waals surface area (Å²) < 4.78 is 11.5. The van der Waals surface area contributed by atoms with Crippen LogP contribution >= 0.6 is 11.6 Å². The van der Waals surface area contributed by atoms with Gasteiger partial charge in [0.1, 0.15) is 6.07 Å². The molecule has 0 spiro atoms. The van der Waals surface area contributed by atoms with Gasteiger partial charge in [0, 0.05) is 17.5 Å². The number of ether oxygens (including phenoxy) is 2. The van der Waals surface area contributed by atoms with Crippen LogP contribution in [-0.2, 0) is 4.79 Å². The Morgan fingerprint density at radius 1 is 1.17 bits per heavy atom. The molecule has 29 heavy (non-hydrogen) atoms. The Morgan fingerprint density at radius 2 is 2.00 bits per heavy atom. The van der Waals surface area contributed by atoms with Crippen LogP contribution < -0.4 is 14.8 Å². The predicted molar refractivity (Wildman–Crippen MR) is 110 cm³/mol. The molecule has 6 nitrogen and oxygen atoms in total. The number of hydrogen-bond donors (Lipinski definition) is 1. The van der Waals surface area contributed by atoms with Gasteiger partial charge < -0.3 is 14.8 Å². The van der Waals surface area contributed by atoms with Crippen LogP contribution in [0.4, 0.5) is 5.69 Å². The number of anilines is 1. The van der Waals surface area contributed by atoms with Gasteiger partial charge in [0.05, 0.1) is 31.0 Å². The molecule has 0 bridgehead atoms. The summed E-state index contributed by atoms with van der Waals surface area (Å²) in [7, 11) is 0. The number of carbonyl (C=O) groups excluding carboxylic acids is 1. The van der Waals surface area contributed by atoms with Crippen molar-refractivity contribution in [3.8, 4) is 17.6 Å². The quantitative estimate of drug-likeness (QED) is 0.818. The van der Waals surface area contributed by atoms with Crippen LogP contribution in [0.1, 0.15) is 36.4 Å². The van der Waals surface area contributed by atoms with Gasteiger partial charge >= 0.3 is 0 Å². The number of carbonyl (C=O) groups is 1. The Balaban J connectivity index is 1.47. The van der Waals surface area contributed by atoms with Gasteiger partial charge in [0.15, 0.2) is 11.5 Å². The van der Waals surface area contributed by atoms with Gasteiger partial charge in [-0.1, -0.05) is 17.7 Å². The molecule has 0 aromatic heterocycles. The first-order valence-corrected chi connectivity index (χ1v) is 10.1. The van der Waals surface area contributed by atoms with Crippen molar-refractivity contribution in [1.29, 1.82) is 5.26 Å². The molecule has 2 heterocycles. The van der Waals surface area contributed by atoms with Gasteiger partial charge in [-0.05, 0) is 55.3 Å². The summed E-state index contributed by atoms with van der Waals surface area (Å²) in [5, 5.41) is 12.5. The lowest BCUT2D eigenvalue weighted by atomic mass is 10.0. The minimum atomic E-state index is -0.162. The van der Waals surface area contributed by atoms with Crippen molar-refractivity contribution in [1.82, 2.24) is 4.90 Å². The second kappa shape index (κ2) is 8.73. The number of fused-ring (bicyclic) bond motifs is 1. The fraction of sp³-hybridized carbons (Fsp3) is 0.364. The third-order valence-electron chi connectivity index (χ3n) is 5.24. The molecule has 2 aliphatic heterocycles. The topological polar surface area (TPSA) is 74.6 Å². The zero-order valence-corrected chi connectivity index (χ0v) is 16.7. The van der Waals surface area contributed by atoms with E-state index in [1.54, 1.807) is 18.2 Å². The van der Waals surface area contributed by atoms with Gasteiger partial charge in [-0.15, -0.1) is 0 Å². The van der Waals surface area contributed by atoms with E-state index in [0.717, 1.165) is 42.9 Å². The molecule has 2 aliphatic rings. The molecule has 1 N–H and O–H groups in total. The maximum atomic E-state index is 12.7. The lowest BCUT2D eigenvalue weighted by Gasteiger charge is -2.25. The Morgan fingerprint density at radius 3 is 2.83 bits per heavy atom. The third kappa shape index (κ3) is 4.47. The molecule has 1 amide bonds. The largest absolute Gasteiger partial charge is 0.490 e. The highest BCUT2D eigenvalue weighted by molar-refractivity contribution is 6.31. The molecular formula is C22H22ClN3O3. The van der Waals surface area contributed by atoms with Gasteiger partial charge in [-0.2, -0.15) is 5.26 Å². The Hall–Kier alpha value is -2.75. The molecule has 2 aromatic carbocycles. The van der Waals surface area contributed by atoms with E-state index in [-0.39, 0.29) is 18.5 Å². The molecule has 0 radical (unpaired) electrons. The SMILES string of the molecule is N#Cc1ccc(Cl)cc1NC(=O)CN1CCC[C@H]1c1ccc2c(c1)OCCCO2. The standard InChI is InChI=1S/C22H22ClN3O3/c23-17-6-4-16(13-24)18(12-17)25-22(27)14-26-8-1-3-19(26)15-5-7-20-21(11-15)29-10-2-9-28-20/h4-7,11-12,19H,1-3,8-10,14H2,(H,25,27)/t19-/m0/s1. The van der Waals surface area contributed by atoms with Gasteiger partial charge in [-0.25, -0.2) is 0 Å². The van der Waals surface area contributed by atoms with Crippen LogP contribution in [-0.4, -0.2) is 37.1 Å². The monoisotopic (exact) mass is 411 g/mol. The van der Waals surface area contributed by atoms with Crippen LogP contribution in [0.5, 0.6) is 11.5 Å². The molecule has 150 valence electrons. The number of nitrogens with zero attached hydrogens (tertiary/aromatic N) is 2. The first kappa shape index (κ1) is 19.6. The number of likely N-dealkylation sites (tertiary alicyclic amines) is 1. The summed E-state index contributed by atoms with van der Waals surface area (Å²) in [6, 6.07) is 13.1. The Labute approximate surface area is 175 Å². The van der Waals surface area contributed by atoms with Crippen molar-refractivity contribution in [3.63, 3.8) is 0 Å². The summed E-state index contributed by atoms with van der Waals surface area (Å²) in [4.78, 5) is 14.8. The normalized spacial score (nSPS) is 18.7. The molecule has 0 unspecified atom stereocenters. The molecule has 1 atom stereocenters. The molecule has 2 aromatic rings. The van der Waals surface area contributed by atoms with Crippen LogP contribution in [0.15, 0.2) is 36.4 Å². The first-order chi connectivity index (χ1) is 14.1. The van der Waals surface area contributed by atoms with E-state index >= 15 is 0 Å². The van der Waals surface area contributed by atoms with E-state index in [4.69, 9.17) is 21.1 Å². The third-order valence-corrected chi connectivity index (χ3v) is 5.48. The average molecular weight is 412 g/mol. The highest BCUT2D eigenvalue weighted by Crippen LogP contribution is 2.37. The zero-order chi connectivity index (χ0) is 20.2. The second-order valence-corrected chi connectivity index (χ2v) is 7.67. The minimum Gasteiger partial charge on any atom is -0.490 e. The fourth-order valence-electron chi connectivity index (χ4n) is 3.87. The highest BCUT2D eigenvalue weighted by atomic mass is 35.5. The molecule has 0 saturated carbocycles. The van der Waals surface area contributed by atoms with E-state index < -0.39 is 0 Å². The summed E-state index contributed by atoms with van der Waals surface area (Å²) in [5.74, 6) is 1.39. The molecule has 1 fully saturated rings. The van der Waals surface area contributed by atoms with E-state index in [1.807, 2.05) is 12.1 Å². The maximum absolute atomic E-state index is 12.7. The molecule has 0 aliphatic carbocycles. The van der Waals surface area contributed by atoms with Crippen LogP contribution in [0.25, 0.3) is 0 Å². The zero-order valence-electron chi connectivity index (χ0n) is 16.0. The summed E-state index contributed by atoms with van der Waals surface area (Å²) >= 11 is 6.01. The van der Waals surface area contributed by atoms with Crippen molar-refractivity contribution < 1.29 is 14.3 Å². The average Bonchev–Trinajstić information content (AvgIpc) is 3.03. The fourth-order valence-corrected chi connectivity index (χ4v) is 4.04. The second-order valence-electron chi connectivity index (χ2n) is 7.24. The molecule has 4 rings (SSSR count). The molecular weight excluding hydrogens is 390 g/mol. The lowest BCUT2D eigenvalue weighted by Crippen LogP contribution is -2.33. The predicted octanol–water partition coefficient (Wildman–Crippen LogP) is 4.15. The smallest absolute Gasteiger partial charge is 0.238 e. The minimum absolute atomic E-state index is 0.146. The molecule has 7 heteroatoms. The number of nitrogens with one attached hydrogen (secondary N) is 1. The number of nitriles is 1. The number of rotatable bonds is 4. The van der Waals surface area contributed by atoms with Crippen molar-refractivity contribution in [2.45, 2.75) is 25.3 Å². The van der Waals surface area contributed by atoms with Crippen molar-refractivity contribution in [3.05, 3.63) is 52.5 Å². The summed E-state index contributed by atoms with van der Waals surface area (Å²) in [5.41, 5.74) is 1.96. The van der Waals surface area contributed by atoms with Crippen LogP contribution in [0.2, 0.25) is 5.02 Å². The van der Waals surface area contributed by atoms with E-state index in [0.29, 0.717) is 29.5 Å². The Bertz CT molecular complexity index is 957. The summed E-state index contributed by atoms with van der Waals surface area (Å²) in [6.07, 6.45) is 2.87. The number of halogens is 1. The van der Waals surface area contributed by atoms with Crippen molar-refractivity contribution >= 4 is 23.2 Å². The van der Waals surface area contributed by atoms with Gasteiger partial charge in [-0.3, -0.25) is 9.69 Å². The number of benzene rings is 2. The summed E-state index contributed by atoms with van der Waals surface area (Å²) in [6.45, 7) is 2.40. The van der Waals surface area contributed by atoms with E-state index in [2.05, 4.69) is 22.4 Å². The maximum Gasteiger partial charge on any atom is 0.238 e.